The van der Waals surface area contributed by atoms with Gasteiger partial charge in [-0.3, -0.25) is 4.90 Å². The van der Waals surface area contributed by atoms with Gasteiger partial charge >= 0.3 is 0 Å². The van der Waals surface area contributed by atoms with Crippen molar-refractivity contribution in [3.05, 3.63) is 0 Å². The lowest BCUT2D eigenvalue weighted by Crippen LogP contribution is -2.56. The normalized spacial score (nSPS) is 30.2. The first-order valence-electron chi connectivity index (χ1n) is 5.95. The highest BCUT2D eigenvalue weighted by Gasteiger charge is 2.35. The number of likely N-dealkylation sites (tertiary alicyclic amines) is 1. The van der Waals surface area contributed by atoms with E-state index in [4.69, 9.17) is 0 Å². The van der Waals surface area contributed by atoms with Crippen molar-refractivity contribution in [1.29, 1.82) is 0 Å². The largest absolute Gasteiger partial charge is 0.317 e. The first-order chi connectivity index (χ1) is 6.51. The van der Waals surface area contributed by atoms with Crippen molar-refractivity contribution in [2.75, 3.05) is 13.6 Å². The molecule has 0 saturated carbocycles. The Morgan fingerprint density at radius 3 is 2.57 bits per heavy atom. The molecule has 0 aromatic carbocycles. The van der Waals surface area contributed by atoms with Crippen LogP contribution >= 0.6 is 0 Å². The highest BCUT2D eigenvalue weighted by atomic mass is 15.2. The zero-order valence-electron chi connectivity index (χ0n) is 10.4. The molecule has 2 unspecified atom stereocenters. The summed E-state index contributed by atoms with van der Waals surface area (Å²) in [5, 5.41) is 3.41. The Kier molecular flexibility index (Phi) is 3.96. The fraction of sp³-hybridized carbons (Fsp3) is 1.00. The molecule has 2 nitrogen and oxygen atoms in total. The van der Waals surface area contributed by atoms with Gasteiger partial charge in [0.25, 0.3) is 0 Å². The molecule has 1 heterocycles. The van der Waals surface area contributed by atoms with Crippen molar-refractivity contribution in [2.45, 2.75) is 64.6 Å². The smallest absolute Gasteiger partial charge is 0.0170 e. The maximum atomic E-state index is 3.41. The predicted molar refractivity (Wildman–Crippen MR) is 62.6 cm³/mol. The Labute approximate surface area is 89.1 Å². The number of piperidine rings is 1. The molecule has 0 aromatic rings. The summed E-state index contributed by atoms with van der Waals surface area (Å²) in [6.07, 6.45) is 3.83. The van der Waals surface area contributed by atoms with Gasteiger partial charge in [-0.05, 0) is 47.1 Å². The molecule has 1 rings (SSSR count). The van der Waals surface area contributed by atoms with E-state index in [1.807, 2.05) is 0 Å². The van der Waals surface area contributed by atoms with Crippen molar-refractivity contribution in [1.82, 2.24) is 10.2 Å². The monoisotopic (exact) mass is 198 g/mol. The molecule has 0 spiro atoms. The van der Waals surface area contributed by atoms with Crippen molar-refractivity contribution in [3.63, 3.8) is 0 Å². The number of nitrogens with one attached hydrogen (secondary N) is 1. The Morgan fingerprint density at radius 2 is 2.14 bits per heavy atom. The Bertz CT molecular complexity index is 177. The van der Waals surface area contributed by atoms with Crippen LogP contribution in [-0.2, 0) is 0 Å². The van der Waals surface area contributed by atoms with Gasteiger partial charge in [-0.25, -0.2) is 0 Å². The molecule has 1 N–H and O–H groups in total. The third-order valence-electron chi connectivity index (χ3n) is 3.77. The molecule has 0 radical (unpaired) electrons. The van der Waals surface area contributed by atoms with Crippen LogP contribution in [0, 0.1) is 0 Å². The summed E-state index contributed by atoms with van der Waals surface area (Å²) in [5.74, 6) is 0. The first-order valence-corrected chi connectivity index (χ1v) is 5.95. The van der Waals surface area contributed by atoms with E-state index in [2.05, 4.69) is 45.0 Å². The van der Waals surface area contributed by atoms with Crippen LogP contribution in [-0.4, -0.2) is 36.1 Å². The molecule has 14 heavy (non-hydrogen) atoms. The van der Waals surface area contributed by atoms with Gasteiger partial charge in [0.2, 0.25) is 0 Å². The Balaban J connectivity index is 2.62. The van der Waals surface area contributed by atoms with Crippen LogP contribution in [0.25, 0.3) is 0 Å². The second kappa shape index (κ2) is 4.63. The van der Waals surface area contributed by atoms with Gasteiger partial charge < -0.3 is 5.32 Å². The van der Waals surface area contributed by atoms with E-state index in [9.17, 15) is 0 Å². The second-order valence-electron chi connectivity index (χ2n) is 5.24. The zero-order valence-corrected chi connectivity index (χ0v) is 10.4. The number of hydrogen-bond acceptors (Lipinski definition) is 2. The second-order valence-corrected chi connectivity index (χ2v) is 5.24. The van der Waals surface area contributed by atoms with Crippen LogP contribution in [0.15, 0.2) is 0 Å². The predicted octanol–water partition coefficient (Wildman–Crippen LogP) is 2.25. The van der Waals surface area contributed by atoms with Crippen molar-refractivity contribution in [3.8, 4) is 0 Å². The summed E-state index contributed by atoms with van der Waals surface area (Å²) in [6.45, 7) is 10.6. The van der Waals surface area contributed by atoms with E-state index in [0.29, 0.717) is 11.6 Å². The SMILES string of the molecule is CCC(C)N1CCC(NC)CC1(C)C. The fourth-order valence-corrected chi connectivity index (χ4v) is 2.70. The molecular weight excluding hydrogens is 172 g/mol. The van der Waals surface area contributed by atoms with Crippen LogP contribution < -0.4 is 5.32 Å². The molecule has 1 aliphatic rings. The molecule has 0 bridgehead atoms. The lowest BCUT2D eigenvalue weighted by molar-refractivity contribution is 0.0252. The zero-order chi connectivity index (χ0) is 10.8. The van der Waals surface area contributed by atoms with Gasteiger partial charge in [-0.15, -0.1) is 0 Å². The van der Waals surface area contributed by atoms with Gasteiger partial charge in [-0.2, -0.15) is 0 Å². The number of rotatable bonds is 3. The summed E-state index contributed by atoms with van der Waals surface area (Å²) in [7, 11) is 2.08. The van der Waals surface area contributed by atoms with Crippen LogP contribution in [0.1, 0.15) is 47.0 Å². The molecule has 2 heteroatoms. The third kappa shape index (κ3) is 2.48. The van der Waals surface area contributed by atoms with Crippen LogP contribution in [0.2, 0.25) is 0 Å². The van der Waals surface area contributed by atoms with Crippen molar-refractivity contribution < 1.29 is 0 Å². The summed E-state index contributed by atoms with van der Waals surface area (Å²) >= 11 is 0. The minimum absolute atomic E-state index is 0.362. The fourth-order valence-electron chi connectivity index (χ4n) is 2.70. The van der Waals surface area contributed by atoms with Gasteiger partial charge in [0.15, 0.2) is 0 Å². The van der Waals surface area contributed by atoms with Gasteiger partial charge in [0, 0.05) is 24.2 Å². The molecule has 0 amide bonds. The summed E-state index contributed by atoms with van der Waals surface area (Å²) in [6, 6.07) is 1.44. The maximum absolute atomic E-state index is 3.41. The van der Waals surface area contributed by atoms with Gasteiger partial charge in [0.1, 0.15) is 0 Å². The van der Waals surface area contributed by atoms with Crippen molar-refractivity contribution in [2.24, 2.45) is 0 Å². The van der Waals surface area contributed by atoms with Gasteiger partial charge in [0.05, 0.1) is 0 Å². The average Bonchev–Trinajstić information content (AvgIpc) is 2.15. The Morgan fingerprint density at radius 1 is 1.50 bits per heavy atom. The van der Waals surface area contributed by atoms with Crippen molar-refractivity contribution >= 4 is 0 Å². The van der Waals surface area contributed by atoms with E-state index in [0.717, 1.165) is 6.04 Å². The highest BCUT2D eigenvalue weighted by Crippen LogP contribution is 2.30. The standard InChI is InChI=1S/C12H26N2/c1-6-10(2)14-8-7-11(13-5)9-12(14,3)4/h10-11,13H,6-9H2,1-5H3. The summed E-state index contributed by atoms with van der Waals surface area (Å²) in [4.78, 5) is 2.67. The molecule has 0 aliphatic carbocycles. The minimum Gasteiger partial charge on any atom is -0.317 e. The molecular formula is C12H26N2. The molecule has 2 atom stereocenters. The van der Waals surface area contributed by atoms with Crippen LogP contribution in [0.4, 0.5) is 0 Å². The topological polar surface area (TPSA) is 15.3 Å². The van der Waals surface area contributed by atoms with Gasteiger partial charge in [-0.1, -0.05) is 6.92 Å². The number of hydrogen-bond donors (Lipinski definition) is 1. The van der Waals surface area contributed by atoms with E-state index in [1.165, 1.54) is 25.8 Å². The van der Waals surface area contributed by atoms with Crippen LogP contribution in [0.3, 0.4) is 0 Å². The molecule has 1 fully saturated rings. The van der Waals surface area contributed by atoms with E-state index >= 15 is 0 Å². The van der Waals surface area contributed by atoms with E-state index in [1.54, 1.807) is 0 Å². The first kappa shape index (κ1) is 12.0. The lowest BCUT2D eigenvalue weighted by Gasteiger charge is -2.48. The Hall–Kier alpha value is -0.0800. The summed E-state index contributed by atoms with van der Waals surface area (Å²) < 4.78 is 0. The lowest BCUT2D eigenvalue weighted by atomic mass is 9.85. The van der Waals surface area contributed by atoms with Crippen LogP contribution in [0.5, 0.6) is 0 Å². The quantitative estimate of drug-likeness (QED) is 0.748. The number of nitrogens with zero attached hydrogens (tertiary/aromatic N) is 1. The molecule has 84 valence electrons. The van der Waals surface area contributed by atoms with E-state index in [-0.39, 0.29) is 0 Å². The molecule has 1 saturated heterocycles. The third-order valence-corrected chi connectivity index (χ3v) is 3.77. The molecule has 0 aromatic heterocycles. The maximum Gasteiger partial charge on any atom is 0.0170 e. The van der Waals surface area contributed by atoms with E-state index < -0.39 is 0 Å². The molecule has 1 aliphatic heterocycles. The highest BCUT2D eigenvalue weighted by molar-refractivity contribution is 4.93. The minimum atomic E-state index is 0.362. The average molecular weight is 198 g/mol. The summed E-state index contributed by atoms with van der Waals surface area (Å²) in [5.41, 5.74) is 0.362.